The van der Waals surface area contributed by atoms with Crippen LogP contribution in [-0.2, 0) is 6.18 Å². The van der Waals surface area contributed by atoms with Gasteiger partial charge in [-0.2, -0.15) is 13.2 Å². The molecule has 0 aliphatic heterocycles. The Balaban J connectivity index is 3.27. The Morgan fingerprint density at radius 3 is 2.40 bits per heavy atom. The Bertz CT molecular complexity index is 387. The first-order valence-corrected chi connectivity index (χ1v) is 3.91. The van der Waals surface area contributed by atoms with Crippen LogP contribution >= 0.6 is 0 Å². The van der Waals surface area contributed by atoms with E-state index in [1.807, 2.05) is 0 Å². The lowest BCUT2D eigenvalue weighted by molar-refractivity contribution is -0.138. The fourth-order valence-corrected chi connectivity index (χ4v) is 1.08. The van der Waals surface area contributed by atoms with Gasteiger partial charge in [0, 0.05) is 5.56 Å². The van der Waals surface area contributed by atoms with Crippen molar-refractivity contribution in [2.45, 2.75) is 6.18 Å². The summed E-state index contributed by atoms with van der Waals surface area (Å²) in [4.78, 5) is 10.7. The van der Waals surface area contributed by atoms with E-state index in [-0.39, 0.29) is 5.56 Å². The van der Waals surface area contributed by atoms with Crippen molar-refractivity contribution in [1.29, 1.82) is 0 Å². The zero-order chi connectivity index (χ0) is 11.6. The third-order valence-corrected chi connectivity index (χ3v) is 1.79. The second-order valence-electron chi connectivity index (χ2n) is 2.78. The monoisotopic (exact) mass is 219 g/mol. The summed E-state index contributed by atoms with van der Waals surface area (Å²) in [6, 6.07) is 2.73. The van der Waals surface area contributed by atoms with Gasteiger partial charge in [-0.1, -0.05) is 0 Å². The number of nitrogens with two attached hydrogens (primary N) is 1. The molecule has 15 heavy (non-hydrogen) atoms. The van der Waals surface area contributed by atoms with E-state index in [0.717, 1.165) is 25.3 Å². The fraction of sp³-hybridized carbons (Fsp3) is 0.222. The van der Waals surface area contributed by atoms with Crippen LogP contribution in [0.5, 0.6) is 5.75 Å². The predicted octanol–water partition coefficient (Wildman–Crippen LogP) is 1.81. The minimum absolute atomic E-state index is 0.0279. The molecule has 1 aromatic carbocycles. The Morgan fingerprint density at radius 2 is 2.00 bits per heavy atom. The minimum Gasteiger partial charge on any atom is -0.496 e. The molecular weight excluding hydrogens is 211 g/mol. The lowest BCUT2D eigenvalue weighted by Crippen LogP contribution is -2.13. The molecule has 82 valence electrons. The van der Waals surface area contributed by atoms with E-state index < -0.39 is 23.4 Å². The number of hydrogen-bond acceptors (Lipinski definition) is 2. The molecule has 1 aromatic rings. The van der Waals surface area contributed by atoms with Gasteiger partial charge in [0.2, 0.25) is 5.91 Å². The number of rotatable bonds is 2. The second-order valence-corrected chi connectivity index (χ2v) is 2.78. The average Bonchev–Trinajstić information content (AvgIpc) is 2.15. The Hall–Kier alpha value is -1.72. The van der Waals surface area contributed by atoms with Crippen molar-refractivity contribution < 1.29 is 22.7 Å². The Morgan fingerprint density at radius 1 is 1.40 bits per heavy atom. The van der Waals surface area contributed by atoms with Crippen LogP contribution in [0.1, 0.15) is 15.9 Å². The number of halogens is 3. The highest BCUT2D eigenvalue weighted by molar-refractivity contribution is 5.93. The third kappa shape index (κ3) is 2.39. The van der Waals surface area contributed by atoms with Gasteiger partial charge >= 0.3 is 6.18 Å². The lowest BCUT2D eigenvalue weighted by Gasteiger charge is -2.12. The molecule has 0 unspecified atom stereocenters. The van der Waals surface area contributed by atoms with Crippen LogP contribution in [0.15, 0.2) is 18.2 Å². The maximum absolute atomic E-state index is 12.4. The largest absolute Gasteiger partial charge is 0.496 e. The molecule has 0 saturated heterocycles. The number of ether oxygens (including phenoxy) is 1. The summed E-state index contributed by atoms with van der Waals surface area (Å²) >= 11 is 0. The van der Waals surface area contributed by atoms with Gasteiger partial charge in [0.15, 0.2) is 0 Å². The number of benzene rings is 1. The van der Waals surface area contributed by atoms with Gasteiger partial charge in [-0.15, -0.1) is 0 Å². The number of primary amides is 1. The molecule has 0 aliphatic rings. The number of amides is 1. The first kappa shape index (κ1) is 11.4. The molecule has 0 bridgehead atoms. The smallest absolute Gasteiger partial charge is 0.419 e. The highest BCUT2D eigenvalue weighted by atomic mass is 19.4. The summed E-state index contributed by atoms with van der Waals surface area (Å²) in [5.41, 5.74) is 3.96. The van der Waals surface area contributed by atoms with Crippen LogP contribution in [0.3, 0.4) is 0 Å². The van der Waals surface area contributed by atoms with Gasteiger partial charge in [0.1, 0.15) is 5.75 Å². The van der Waals surface area contributed by atoms with E-state index >= 15 is 0 Å². The second kappa shape index (κ2) is 3.80. The SMILES string of the molecule is COc1cc(C(N)=O)ccc1C(F)(F)F. The van der Waals surface area contributed by atoms with Crippen LogP contribution in [-0.4, -0.2) is 13.0 Å². The predicted molar refractivity (Wildman–Crippen MR) is 46.5 cm³/mol. The molecule has 0 fully saturated rings. The van der Waals surface area contributed by atoms with Gasteiger partial charge < -0.3 is 10.5 Å². The Kier molecular flexibility index (Phi) is 2.88. The van der Waals surface area contributed by atoms with Crippen LogP contribution in [0.2, 0.25) is 0 Å². The quantitative estimate of drug-likeness (QED) is 0.824. The number of hydrogen-bond donors (Lipinski definition) is 1. The maximum atomic E-state index is 12.4. The summed E-state index contributed by atoms with van der Waals surface area (Å²) in [5, 5.41) is 0. The highest BCUT2D eigenvalue weighted by Crippen LogP contribution is 2.36. The molecule has 0 radical (unpaired) electrons. The van der Waals surface area contributed by atoms with Crippen molar-refractivity contribution in [1.82, 2.24) is 0 Å². The van der Waals surface area contributed by atoms with Crippen molar-refractivity contribution in [3.8, 4) is 5.75 Å². The topological polar surface area (TPSA) is 52.3 Å². The summed E-state index contributed by atoms with van der Waals surface area (Å²) in [5.74, 6) is -1.22. The number of carbonyl (C=O) groups is 1. The van der Waals surface area contributed by atoms with Crippen molar-refractivity contribution in [2.75, 3.05) is 7.11 Å². The summed E-state index contributed by atoms with van der Waals surface area (Å²) in [7, 11) is 1.09. The van der Waals surface area contributed by atoms with Crippen molar-refractivity contribution in [2.24, 2.45) is 5.73 Å². The normalized spacial score (nSPS) is 11.2. The van der Waals surface area contributed by atoms with Gasteiger partial charge in [-0.25, -0.2) is 0 Å². The number of carbonyl (C=O) groups excluding carboxylic acids is 1. The van der Waals surface area contributed by atoms with Crippen LogP contribution in [0.25, 0.3) is 0 Å². The van der Waals surface area contributed by atoms with Gasteiger partial charge in [0.25, 0.3) is 0 Å². The molecule has 0 heterocycles. The molecule has 0 aromatic heterocycles. The first-order valence-electron chi connectivity index (χ1n) is 3.91. The van der Waals surface area contributed by atoms with Gasteiger partial charge in [-0.05, 0) is 18.2 Å². The molecule has 1 amide bonds. The standard InChI is InChI=1S/C9H8F3NO2/c1-15-7-4-5(8(13)14)2-3-6(7)9(10,11)12/h2-4H,1H3,(H2,13,14). The molecule has 6 heteroatoms. The minimum atomic E-state index is -4.51. The Labute approximate surface area is 83.6 Å². The average molecular weight is 219 g/mol. The molecule has 1 rings (SSSR count). The van der Waals surface area contributed by atoms with E-state index in [2.05, 4.69) is 4.74 Å². The lowest BCUT2D eigenvalue weighted by atomic mass is 10.1. The molecule has 0 spiro atoms. The van der Waals surface area contributed by atoms with Crippen molar-refractivity contribution in [3.63, 3.8) is 0 Å². The van der Waals surface area contributed by atoms with E-state index in [0.29, 0.717) is 0 Å². The van der Waals surface area contributed by atoms with E-state index in [1.54, 1.807) is 0 Å². The zero-order valence-corrected chi connectivity index (χ0v) is 7.76. The van der Waals surface area contributed by atoms with E-state index in [4.69, 9.17) is 5.73 Å². The van der Waals surface area contributed by atoms with Crippen molar-refractivity contribution in [3.05, 3.63) is 29.3 Å². The third-order valence-electron chi connectivity index (χ3n) is 1.79. The first-order chi connectivity index (χ1) is 6.86. The highest BCUT2D eigenvalue weighted by Gasteiger charge is 2.34. The molecule has 0 aliphatic carbocycles. The molecular formula is C9H8F3NO2. The van der Waals surface area contributed by atoms with Crippen LogP contribution in [0, 0.1) is 0 Å². The summed E-state index contributed by atoms with van der Waals surface area (Å²) < 4.78 is 41.7. The number of alkyl halides is 3. The maximum Gasteiger partial charge on any atom is 0.419 e. The van der Waals surface area contributed by atoms with E-state index in [1.165, 1.54) is 0 Å². The van der Waals surface area contributed by atoms with Crippen LogP contribution < -0.4 is 10.5 Å². The molecule has 3 nitrogen and oxygen atoms in total. The summed E-state index contributed by atoms with van der Waals surface area (Å²) in [6.07, 6.45) is -4.51. The van der Waals surface area contributed by atoms with Crippen LogP contribution in [0.4, 0.5) is 13.2 Å². The van der Waals surface area contributed by atoms with Gasteiger partial charge in [0.05, 0.1) is 12.7 Å². The molecule has 0 saturated carbocycles. The van der Waals surface area contributed by atoms with Crippen molar-refractivity contribution >= 4 is 5.91 Å². The molecule has 2 N–H and O–H groups in total. The summed E-state index contributed by atoms with van der Waals surface area (Å²) in [6.45, 7) is 0. The number of methoxy groups -OCH3 is 1. The molecule has 0 atom stereocenters. The fourth-order valence-electron chi connectivity index (χ4n) is 1.08. The van der Waals surface area contributed by atoms with Gasteiger partial charge in [-0.3, -0.25) is 4.79 Å². The van der Waals surface area contributed by atoms with E-state index in [9.17, 15) is 18.0 Å². The zero-order valence-electron chi connectivity index (χ0n) is 7.76.